The van der Waals surface area contributed by atoms with Crippen LogP contribution in [-0.4, -0.2) is 61.5 Å². The summed E-state index contributed by atoms with van der Waals surface area (Å²) in [5.74, 6) is -0.186. The molecule has 0 bridgehead atoms. The van der Waals surface area contributed by atoms with Gasteiger partial charge in [0.25, 0.3) is 5.91 Å². The highest BCUT2D eigenvalue weighted by Crippen LogP contribution is 2.20. The Balaban J connectivity index is 1.98. The van der Waals surface area contributed by atoms with E-state index in [2.05, 4.69) is 0 Å². The van der Waals surface area contributed by atoms with Crippen LogP contribution >= 0.6 is 23.2 Å². The van der Waals surface area contributed by atoms with Crippen LogP contribution in [-0.2, 0) is 9.53 Å². The second-order valence-electron chi connectivity index (χ2n) is 4.76. The fourth-order valence-electron chi connectivity index (χ4n) is 2.23. The van der Waals surface area contributed by atoms with E-state index in [-0.39, 0.29) is 18.4 Å². The summed E-state index contributed by atoms with van der Waals surface area (Å²) >= 11 is 11.8. The van der Waals surface area contributed by atoms with E-state index in [0.717, 1.165) is 0 Å². The van der Waals surface area contributed by atoms with Gasteiger partial charge in [0, 0.05) is 48.9 Å². The van der Waals surface area contributed by atoms with Crippen LogP contribution in [0.5, 0.6) is 0 Å². The molecule has 7 heteroatoms. The van der Waals surface area contributed by atoms with Gasteiger partial charge in [0.1, 0.15) is 6.61 Å². The first kappa shape index (κ1) is 16.1. The molecule has 21 heavy (non-hydrogen) atoms. The van der Waals surface area contributed by atoms with Crippen molar-refractivity contribution in [3.8, 4) is 0 Å². The fraction of sp³-hybridized carbons (Fsp3) is 0.429. The highest BCUT2D eigenvalue weighted by Gasteiger charge is 2.24. The smallest absolute Gasteiger partial charge is 0.254 e. The third-order valence-electron chi connectivity index (χ3n) is 3.30. The lowest BCUT2D eigenvalue weighted by atomic mass is 10.2. The van der Waals surface area contributed by atoms with Gasteiger partial charge in [-0.3, -0.25) is 9.59 Å². The Kier molecular flexibility index (Phi) is 5.45. The first-order valence-corrected chi connectivity index (χ1v) is 7.29. The number of halogens is 2. The van der Waals surface area contributed by atoms with E-state index in [9.17, 15) is 9.59 Å². The highest BCUT2D eigenvalue weighted by molar-refractivity contribution is 6.35. The maximum Gasteiger partial charge on any atom is 0.254 e. The zero-order chi connectivity index (χ0) is 15.4. The normalized spacial score (nSPS) is 15.2. The number of carbonyl (C=O) groups is 2. The summed E-state index contributed by atoms with van der Waals surface area (Å²) < 4.78 is 4.83. The number of piperazine rings is 1. The van der Waals surface area contributed by atoms with E-state index in [1.807, 2.05) is 0 Å². The van der Waals surface area contributed by atoms with Crippen molar-refractivity contribution >= 4 is 35.0 Å². The molecule has 1 heterocycles. The minimum absolute atomic E-state index is 0.0598. The van der Waals surface area contributed by atoms with Gasteiger partial charge < -0.3 is 14.5 Å². The van der Waals surface area contributed by atoms with E-state index in [4.69, 9.17) is 27.9 Å². The van der Waals surface area contributed by atoms with Crippen LogP contribution in [0.1, 0.15) is 10.4 Å². The standard InChI is InChI=1S/C14H16Cl2N2O3/c1-21-9-13(19)17-2-4-18(5-3-17)14(20)10-6-11(15)8-12(16)7-10/h6-8H,2-5,9H2,1H3. The minimum atomic E-state index is -0.127. The van der Waals surface area contributed by atoms with E-state index in [0.29, 0.717) is 41.8 Å². The zero-order valence-electron chi connectivity index (χ0n) is 11.6. The van der Waals surface area contributed by atoms with Gasteiger partial charge >= 0.3 is 0 Å². The third kappa shape index (κ3) is 4.09. The number of amides is 2. The molecule has 0 N–H and O–H groups in total. The minimum Gasteiger partial charge on any atom is -0.375 e. The second-order valence-corrected chi connectivity index (χ2v) is 5.64. The van der Waals surface area contributed by atoms with Gasteiger partial charge in [-0.1, -0.05) is 23.2 Å². The third-order valence-corrected chi connectivity index (χ3v) is 3.73. The molecule has 1 aromatic carbocycles. The van der Waals surface area contributed by atoms with Gasteiger partial charge in [-0.05, 0) is 18.2 Å². The molecule has 1 aromatic rings. The monoisotopic (exact) mass is 330 g/mol. The Labute approximate surface area is 133 Å². The molecule has 1 saturated heterocycles. The van der Waals surface area contributed by atoms with Crippen LogP contribution in [0.4, 0.5) is 0 Å². The van der Waals surface area contributed by atoms with Crippen molar-refractivity contribution in [2.45, 2.75) is 0 Å². The first-order chi connectivity index (χ1) is 10.0. The topological polar surface area (TPSA) is 49.9 Å². The van der Waals surface area contributed by atoms with Crippen molar-refractivity contribution < 1.29 is 14.3 Å². The predicted octanol–water partition coefficient (Wildman–Crippen LogP) is 1.92. The maximum atomic E-state index is 12.4. The number of rotatable bonds is 3. The molecule has 1 fully saturated rings. The molecule has 0 atom stereocenters. The first-order valence-electron chi connectivity index (χ1n) is 6.53. The molecule has 0 aliphatic carbocycles. The molecule has 5 nitrogen and oxygen atoms in total. The van der Waals surface area contributed by atoms with Crippen LogP contribution in [0.3, 0.4) is 0 Å². The molecule has 2 rings (SSSR count). The molecule has 0 spiro atoms. The van der Waals surface area contributed by atoms with Crippen LogP contribution in [0, 0.1) is 0 Å². The molecule has 0 unspecified atom stereocenters. The van der Waals surface area contributed by atoms with E-state index >= 15 is 0 Å². The lowest BCUT2D eigenvalue weighted by Gasteiger charge is -2.34. The SMILES string of the molecule is COCC(=O)N1CCN(C(=O)c2cc(Cl)cc(Cl)c2)CC1. The fourth-order valence-corrected chi connectivity index (χ4v) is 2.76. The molecule has 1 aliphatic heterocycles. The summed E-state index contributed by atoms with van der Waals surface area (Å²) in [5.41, 5.74) is 0.462. The Morgan fingerprint density at radius 1 is 1.05 bits per heavy atom. The molecule has 0 aromatic heterocycles. The van der Waals surface area contributed by atoms with E-state index in [1.165, 1.54) is 7.11 Å². The van der Waals surface area contributed by atoms with Gasteiger partial charge in [0.05, 0.1) is 0 Å². The van der Waals surface area contributed by atoms with Crippen LogP contribution in [0.2, 0.25) is 10.0 Å². The zero-order valence-corrected chi connectivity index (χ0v) is 13.2. The summed E-state index contributed by atoms with van der Waals surface area (Å²) in [6.07, 6.45) is 0. The number of benzene rings is 1. The quantitative estimate of drug-likeness (QED) is 0.850. The molecule has 1 aliphatic rings. The van der Waals surface area contributed by atoms with E-state index in [1.54, 1.807) is 28.0 Å². The van der Waals surface area contributed by atoms with Crippen molar-refractivity contribution in [2.75, 3.05) is 39.9 Å². The Hall–Kier alpha value is -1.30. The Morgan fingerprint density at radius 2 is 1.57 bits per heavy atom. The van der Waals surface area contributed by atoms with Crippen molar-refractivity contribution in [3.63, 3.8) is 0 Å². The lowest BCUT2D eigenvalue weighted by molar-refractivity contribution is -0.136. The number of nitrogens with zero attached hydrogens (tertiary/aromatic N) is 2. The molecular weight excluding hydrogens is 315 g/mol. The van der Waals surface area contributed by atoms with Gasteiger partial charge in [-0.25, -0.2) is 0 Å². The Morgan fingerprint density at radius 3 is 2.10 bits per heavy atom. The summed E-state index contributed by atoms with van der Waals surface area (Å²) in [7, 11) is 1.49. The predicted molar refractivity (Wildman–Crippen MR) is 80.8 cm³/mol. The van der Waals surface area contributed by atoms with Crippen LogP contribution in [0.15, 0.2) is 18.2 Å². The molecule has 114 valence electrons. The second kappa shape index (κ2) is 7.11. The van der Waals surface area contributed by atoms with Gasteiger partial charge in [0.2, 0.25) is 5.91 Å². The number of hydrogen-bond donors (Lipinski definition) is 0. The molecule has 0 saturated carbocycles. The summed E-state index contributed by atoms with van der Waals surface area (Å²) in [5, 5.41) is 0.861. The summed E-state index contributed by atoms with van der Waals surface area (Å²) in [6.45, 7) is 2.04. The Bertz CT molecular complexity index is 523. The molecule has 2 amide bonds. The number of carbonyl (C=O) groups excluding carboxylic acids is 2. The summed E-state index contributed by atoms with van der Waals surface area (Å²) in [4.78, 5) is 27.5. The van der Waals surface area contributed by atoms with E-state index < -0.39 is 0 Å². The largest absolute Gasteiger partial charge is 0.375 e. The molecular formula is C14H16Cl2N2O3. The lowest BCUT2D eigenvalue weighted by Crippen LogP contribution is -2.51. The maximum absolute atomic E-state index is 12.4. The number of methoxy groups -OCH3 is 1. The van der Waals surface area contributed by atoms with Crippen molar-refractivity contribution in [1.29, 1.82) is 0 Å². The highest BCUT2D eigenvalue weighted by atomic mass is 35.5. The van der Waals surface area contributed by atoms with Crippen molar-refractivity contribution in [2.24, 2.45) is 0 Å². The number of ether oxygens (including phenoxy) is 1. The van der Waals surface area contributed by atoms with Crippen molar-refractivity contribution in [3.05, 3.63) is 33.8 Å². The van der Waals surface area contributed by atoms with Gasteiger partial charge in [0.15, 0.2) is 0 Å². The van der Waals surface area contributed by atoms with Crippen LogP contribution < -0.4 is 0 Å². The van der Waals surface area contributed by atoms with Crippen molar-refractivity contribution in [1.82, 2.24) is 9.80 Å². The van der Waals surface area contributed by atoms with Crippen LogP contribution in [0.25, 0.3) is 0 Å². The molecule has 0 radical (unpaired) electrons. The average Bonchev–Trinajstić information content (AvgIpc) is 2.46. The van der Waals surface area contributed by atoms with Gasteiger partial charge in [-0.2, -0.15) is 0 Å². The summed E-state index contributed by atoms with van der Waals surface area (Å²) in [6, 6.07) is 4.78. The average molecular weight is 331 g/mol. The number of hydrogen-bond acceptors (Lipinski definition) is 3. The van der Waals surface area contributed by atoms with Gasteiger partial charge in [-0.15, -0.1) is 0 Å².